The molecule has 0 bridgehead atoms. The van der Waals surface area contributed by atoms with Crippen molar-refractivity contribution in [2.45, 2.75) is 32.6 Å². The van der Waals surface area contributed by atoms with Crippen LogP contribution in [0.25, 0.3) is 0 Å². The van der Waals surface area contributed by atoms with E-state index < -0.39 is 0 Å². The lowest BCUT2D eigenvalue weighted by Crippen LogP contribution is -2.20. The van der Waals surface area contributed by atoms with Crippen LogP contribution in [0.3, 0.4) is 0 Å². The maximum atomic E-state index is 11.9. The van der Waals surface area contributed by atoms with Gasteiger partial charge in [0.25, 0.3) is 5.91 Å². The van der Waals surface area contributed by atoms with E-state index >= 15 is 0 Å². The number of amides is 1. The number of halogens is 2. The third-order valence-electron chi connectivity index (χ3n) is 4.09. The average molecular weight is 366 g/mol. The summed E-state index contributed by atoms with van der Waals surface area (Å²) >= 11 is 11.8. The first kappa shape index (κ1) is 18.6. The van der Waals surface area contributed by atoms with Gasteiger partial charge in [-0.1, -0.05) is 56.1 Å². The number of ether oxygens (including phenoxy) is 1. The molecule has 1 amide bonds. The van der Waals surface area contributed by atoms with Gasteiger partial charge in [0.05, 0.1) is 10.0 Å². The van der Waals surface area contributed by atoms with Crippen LogP contribution in [0.2, 0.25) is 10.0 Å². The van der Waals surface area contributed by atoms with E-state index in [1.807, 2.05) is 24.3 Å². The van der Waals surface area contributed by atoms with Crippen LogP contribution in [0.4, 0.5) is 5.69 Å². The number of benzene rings is 2. The molecular formula is C19H21Cl2NO2. The molecule has 5 heteroatoms. The van der Waals surface area contributed by atoms with Crippen molar-refractivity contribution in [2.24, 2.45) is 0 Å². The number of hydrogen-bond acceptors (Lipinski definition) is 2. The minimum absolute atomic E-state index is 0.0727. The van der Waals surface area contributed by atoms with Gasteiger partial charge in [-0.3, -0.25) is 4.79 Å². The van der Waals surface area contributed by atoms with Crippen LogP contribution in [0.5, 0.6) is 5.75 Å². The van der Waals surface area contributed by atoms with Gasteiger partial charge >= 0.3 is 0 Å². The second-order valence-electron chi connectivity index (χ2n) is 6.23. The molecule has 0 aliphatic heterocycles. The van der Waals surface area contributed by atoms with E-state index in [9.17, 15) is 4.79 Å². The number of carbonyl (C=O) groups is 1. The van der Waals surface area contributed by atoms with Crippen LogP contribution in [0, 0.1) is 0 Å². The van der Waals surface area contributed by atoms with E-state index in [0.717, 1.165) is 6.42 Å². The molecular weight excluding hydrogens is 345 g/mol. The van der Waals surface area contributed by atoms with Crippen LogP contribution in [0.15, 0.2) is 42.5 Å². The summed E-state index contributed by atoms with van der Waals surface area (Å²) in [6.45, 7) is 6.50. The molecule has 0 fully saturated rings. The zero-order valence-electron chi connectivity index (χ0n) is 14.0. The van der Waals surface area contributed by atoms with Crippen LogP contribution in [-0.2, 0) is 10.2 Å². The molecule has 2 rings (SSSR count). The fraction of sp³-hybridized carbons (Fsp3) is 0.316. The molecule has 24 heavy (non-hydrogen) atoms. The third-order valence-corrected chi connectivity index (χ3v) is 4.83. The first-order chi connectivity index (χ1) is 11.3. The van der Waals surface area contributed by atoms with E-state index in [1.165, 1.54) is 5.56 Å². The van der Waals surface area contributed by atoms with Crippen molar-refractivity contribution in [3.05, 3.63) is 58.1 Å². The smallest absolute Gasteiger partial charge is 0.262 e. The Kier molecular flexibility index (Phi) is 6.14. The van der Waals surface area contributed by atoms with Crippen LogP contribution in [-0.4, -0.2) is 12.5 Å². The van der Waals surface area contributed by atoms with Crippen molar-refractivity contribution < 1.29 is 9.53 Å². The maximum Gasteiger partial charge on any atom is 0.262 e. The SMILES string of the molecule is CCC(C)(C)c1ccc(OCC(=O)Nc2ccc(Cl)c(Cl)c2)cc1. The van der Waals surface area contributed by atoms with Crippen molar-refractivity contribution in [1.82, 2.24) is 0 Å². The lowest BCUT2D eigenvalue weighted by atomic mass is 9.82. The Morgan fingerprint density at radius 3 is 2.33 bits per heavy atom. The van der Waals surface area contributed by atoms with Gasteiger partial charge in [0.2, 0.25) is 0 Å². The van der Waals surface area contributed by atoms with Gasteiger partial charge in [-0.15, -0.1) is 0 Å². The highest BCUT2D eigenvalue weighted by Crippen LogP contribution is 2.28. The van der Waals surface area contributed by atoms with Gasteiger partial charge in [-0.25, -0.2) is 0 Å². The summed E-state index contributed by atoms with van der Waals surface area (Å²) in [5, 5.41) is 3.56. The Bertz CT molecular complexity index is 712. The highest BCUT2D eigenvalue weighted by atomic mass is 35.5. The van der Waals surface area contributed by atoms with E-state index in [4.69, 9.17) is 27.9 Å². The Morgan fingerprint density at radius 2 is 1.75 bits per heavy atom. The molecule has 0 saturated heterocycles. The lowest BCUT2D eigenvalue weighted by molar-refractivity contribution is -0.118. The number of anilines is 1. The molecule has 0 aliphatic carbocycles. The Balaban J connectivity index is 1.90. The highest BCUT2D eigenvalue weighted by molar-refractivity contribution is 6.42. The second kappa shape index (κ2) is 7.91. The standard InChI is InChI=1S/C19H21Cl2NO2/c1-4-19(2,3)13-5-8-15(9-6-13)24-12-18(23)22-14-7-10-16(20)17(21)11-14/h5-11H,4,12H2,1-3H3,(H,22,23). The first-order valence-corrected chi connectivity index (χ1v) is 8.55. The van der Waals surface area contributed by atoms with Gasteiger partial charge < -0.3 is 10.1 Å². The molecule has 0 unspecified atom stereocenters. The lowest BCUT2D eigenvalue weighted by Gasteiger charge is -2.23. The number of nitrogens with one attached hydrogen (secondary N) is 1. The molecule has 128 valence electrons. The zero-order chi connectivity index (χ0) is 17.7. The fourth-order valence-corrected chi connectivity index (χ4v) is 2.42. The van der Waals surface area contributed by atoms with Gasteiger partial charge in [-0.05, 0) is 47.7 Å². The van der Waals surface area contributed by atoms with Gasteiger partial charge in [0.15, 0.2) is 6.61 Å². The monoisotopic (exact) mass is 365 g/mol. The van der Waals surface area contributed by atoms with Gasteiger partial charge in [0.1, 0.15) is 5.75 Å². The average Bonchev–Trinajstić information content (AvgIpc) is 2.57. The molecule has 0 radical (unpaired) electrons. The van der Waals surface area contributed by atoms with Gasteiger partial charge in [-0.2, -0.15) is 0 Å². The summed E-state index contributed by atoms with van der Waals surface area (Å²) in [7, 11) is 0. The Hall–Kier alpha value is -1.71. The molecule has 2 aromatic rings. The minimum Gasteiger partial charge on any atom is -0.484 e. The topological polar surface area (TPSA) is 38.3 Å². The Labute approximate surface area is 152 Å². The summed E-state index contributed by atoms with van der Waals surface area (Å²) in [4.78, 5) is 11.9. The summed E-state index contributed by atoms with van der Waals surface area (Å²) < 4.78 is 5.52. The van der Waals surface area contributed by atoms with Crippen molar-refractivity contribution in [3.63, 3.8) is 0 Å². The van der Waals surface area contributed by atoms with Gasteiger partial charge in [0, 0.05) is 5.69 Å². The first-order valence-electron chi connectivity index (χ1n) is 7.80. The number of hydrogen-bond donors (Lipinski definition) is 1. The van der Waals surface area contributed by atoms with Crippen LogP contribution in [0.1, 0.15) is 32.8 Å². The summed E-state index contributed by atoms with van der Waals surface area (Å²) in [5.74, 6) is 0.404. The third kappa shape index (κ3) is 4.89. The van der Waals surface area contributed by atoms with Crippen molar-refractivity contribution in [1.29, 1.82) is 0 Å². The summed E-state index contributed by atoms with van der Waals surface area (Å²) in [5.41, 5.74) is 1.96. The summed E-state index contributed by atoms with van der Waals surface area (Å²) in [6.07, 6.45) is 1.05. The van der Waals surface area contributed by atoms with Crippen molar-refractivity contribution in [2.75, 3.05) is 11.9 Å². The predicted molar refractivity (Wildman–Crippen MR) is 100 cm³/mol. The minimum atomic E-state index is -0.258. The van der Waals surface area contributed by atoms with E-state index in [1.54, 1.807) is 18.2 Å². The van der Waals surface area contributed by atoms with Crippen molar-refractivity contribution in [3.8, 4) is 5.75 Å². The van der Waals surface area contributed by atoms with E-state index in [0.29, 0.717) is 21.5 Å². The molecule has 0 aromatic heterocycles. The Morgan fingerprint density at radius 1 is 1.08 bits per heavy atom. The van der Waals surface area contributed by atoms with Crippen LogP contribution < -0.4 is 10.1 Å². The molecule has 0 aliphatic rings. The van der Waals surface area contributed by atoms with Crippen molar-refractivity contribution >= 4 is 34.8 Å². The highest BCUT2D eigenvalue weighted by Gasteiger charge is 2.17. The molecule has 0 heterocycles. The largest absolute Gasteiger partial charge is 0.484 e. The second-order valence-corrected chi connectivity index (χ2v) is 7.04. The fourth-order valence-electron chi connectivity index (χ4n) is 2.13. The molecule has 3 nitrogen and oxygen atoms in total. The molecule has 0 atom stereocenters. The molecule has 0 spiro atoms. The number of carbonyl (C=O) groups excluding carboxylic acids is 1. The predicted octanol–water partition coefficient (Wildman–Crippen LogP) is 5.70. The van der Waals surface area contributed by atoms with E-state index in [2.05, 4.69) is 26.1 Å². The summed E-state index contributed by atoms with van der Waals surface area (Å²) in [6, 6.07) is 12.8. The zero-order valence-corrected chi connectivity index (χ0v) is 15.5. The quantitative estimate of drug-likeness (QED) is 0.712. The van der Waals surface area contributed by atoms with E-state index in [-0.39, 0.29) is 17.9 Å². The van der Waals surface area contributed by atoms with Crippen LogP contribution >= 0.6 is 23.2 Å². The maximum absolute atomic E-state index is 11.9. The normalized spacial score (nSPS) is 11.2. The molecule has 1 N–H and O–H groups in total. The molecule has 2 aromatic carbocycles. The molecule has 0 saturated carbocycles. The number of rotatable bonds is 6.